The van der Waals surface area contributed by atoms with Crippen LogP contribution < -0.4 is 16.4 Å². The Morgan fingerprint density at radius 3 is 2.31 bits per heavy atom. The van der Waals surface area contributed by atoms with Gasteiger partial charge in [-0.15, -0.1) is 0 Å². The molecule has 1 N–H and O–H groups in total. The Kier molecular flexibility index (Phi) is 5.57. The van der Waals surface area contributed by atoms with Crippen molar-refractivity contribution in [1.29, 1.82) is 0 Å². The fourth-order valence-electron chi connectivity index (χ4n) is 3.68. The van der Waals surface area contributed by atoms with Crippen LogP contribution in [0.1, 0.15) is 18.4 Å². The van der Waals surface area contributed by atoms with E-state index >= 15 is 0 Å². The highest BCUT2D eigenvalue weighted by Crippen LogP contribution is 2.13. The second-order valence-corrected chi connectivity index (χ2v) is 7.20. The van der Waals surface area contributed by atoms with Crippen molar-refractivity contribution in [2.24, 2.45) is 0 Å². The molecule has 0 radical (unpaired) electrons. The van der Waals surface area contributed by atoms with Gasteiger partial charge in [-0.3, -0.25) is 23.5 Å². The first kappa shape index (κ1) is 19.1. The van der Waals surface area contributed by atoms with Crippen molar-refractivity contribution in [3.05, 3.63) is 80.9 Å². The number of para-hydroxylation sites is 2. The molecule has 1 fully saturated rings. The molecule has 1 aromatic heterocycles. The molecule has 1 aliphatic heterocycles. The molecule has 2 aromatic carbocycles. The number of nitrogens with zero attached hydrogens (tertiary/aromatic N) is 2. The van der Waals surface area contributed by atoms with Crippen LogP contribution in [0.3, 0.4) is 0 Å². The molecule has 0 saturated carbocycles. The first-order valence-electron chi connectivity index (χ1n) is 9.78. The van der Waals surface area contributed by atoms with Gasteiger partial charge in [-0.05, 0) is 30.5 Å². The van der Waals surface area contributed by atoms with E-state index in [4.69, 9.17) is 4.74 Å². The zero-order chi connectivity index (χ0) is 20.2. The third-order valence-corrected chi connectivity index (χ3v) is 5.17. The van der Waals surface area contributed by atoms with E-state index in [-0.39, 0.29) is 18.6 Å². The standard InChI is InChI=1S/C22H23N3O4/c26-20(23-13-17-9-6-12-29-17)15-25-19-11-5-4-10-18(19)24(21(27)22(25)28)14-16-7-2-1-3-8-16/h1-5,7-8,10-11,17H,6,9,12-15H2,(H,23,26). The van der Waals surface area contributed by atoms with Crippen LogP contribution in [0.2, 0.25) is 0 Å². The average molecular weight is 393 g/mol. The number of hydrogen-bond donors (Lipinski definition) is 1. The van der Waals surface area contributed by atoms with Gasteiger partial charge in [0.05, 0.1) is 23.7 Å². The fourth-order valence-corrected chi connectivity index (χ4v) is 3.68. The molecule has 3 aromatic rings. The van der Waals surface area contributed by atoms with Crippen molar-refractivity contribution in [3.63, 3.8) is 0 Å². The highest BCUT2D eigenvalue weighted by atomic mass is 16.5. The number of hydrogen-bond acceptors (Lipinski definition) is 4. The molecular formula is C22H23N3O4. The molecule has 7 heteroatoms. The van der Waals surface area contributed by atoms with Crippen molar-refractivity contribution >= 4 is 16.9 Å². The molecule has 0 aliphatic carbocycles. The lowest BCUT2D eigenvalue weighted by Gasteiger charge is -2.16. The number of amides is 1. The smallest absolute Gasteiger partial charge is 0.317 e. The summed E-state index contributed by atoms with van der Waals surface area (Å²) in [6.07, 6.45) is 1.93. The Hall–Kier alpha value is -3.19. The summed E-state index contributed by atoms with van der Waals surface area (Å²) in [4.78, 5) is 38.1. The number of aromatic nitrogens is 2. The molecule has 2 heterocycles. The van der Waals surface area contributed by atoms with E-state index in [2.05, 4.69) is 5.32 Å². The molecular weight excluding hydrogens is 370 g/mol. The molecule has 1 aliphatic rings. The van der Waals surface area contributed by atoms with Crippen LogP contribution >= 0.6 is 0 Å². The number of benzene rings is 2. The lowest BCUT2D eigenvalue weighted by molar-refractivity contribution is -0.122. The van der Waals surface area contributed by atoms with Crippen molar-refractivity contribution in [2.75, 3.05) is 13.2 Å². The van der Waals surface area contributed by atoms with E-state index in [0.717, 1.165) is 18.4 Å². The number of ether oxygens (including phenoxy) is 1. The van der Waals surface area contributed by atoms with Gasteiger partial charge in [-0.2, -0.15) is 0 Å². The summed E-state index contributed by atoms with van der Waals surface area (Å²) in [6, 6.07) is 16.7. The van der Waals surface area contributed by atoms with Crippen molar-refractivity contribution in [2.45, 2.75) is 32.0 Å². The quantitative estimate of drug-likeness (QED) is 0.644. The topological polar surface area (TPSA) is 82.3 Å². The highest BCUT2D eigenvalue weighted by molar-refractivity contribution is 5.80. The molecule has 29 heavy (non-hydrogen) atoms. The lowest BCUT2D eigenvalue weighted by atomic mass is 10.2. The van der Waals surface area contributed by atoms with E-state index in [1.165, 1.54) is 9.13 Å². The highest BCUT2D eigenvalue weighted by Gasteiger charge is 2.18. The number of nitrogens with one attached hydrogen (secondary N) is 1. The van der Waals surface area contributed by atoms with Crippen molar-refractivity contribution in [1.82, 2.24) is 14.5 Å². The Morgan fingerprint density at radius 2 is 1.62 bits per heavy atom. The molecule has 1 saturated heterocycles. The number of carbonyl (C=O) groups excluding carboxylic acids is 1. The summed E-state index contributed by atoms with van der Waals surface area (Å²) in [5.74, 6) is -0.312. The fraction of sp³-hybridized carbons (Fsp3) is 0.318. The van der Waals surface area contributed by atoms with Gasteiger partial charge in [-0.25, -0.2) is 0 Å². The van der Waals surface area contributed by atoms with Crippen LogP contribution in [-0.4, -0.2) is 34.3 Å². The van der Waals surface area contributed by atoms with Gasteiger partial charge in [0.2, 0.25) is 5.91 Å². The van der Waals surface area contributed by atoms with Crippen molar-refractivity contribution in [3.8, 4) is 0 Å². The van der Waals surface area contributed by atoms with E-state index < -0.39 is 11.1 Å². The van der Waals surface area contributed by atoms with E-state index in [1.54, 1.807) is 18.2 Å². The summed E-state index contributed by atoms with van der Waals surface area (Å²) in [7, 11) is 0. The minimum Gasteiger partial charge on any atom is -0.376 e. The lowest BCUT2D eigenvalue weighted by Crippen LogP contribution is -2.44. The summed E-state index contributed by atoms with van der Waals surface area (Å²) in [6.45, 7) is 1.22. The molecule has 1 atom stereocenters. The molecule has 150 valence electrons. The number of rotatable bonds is 6. The second-order valence-electron chi connectivity index (χ2n) is 7.20. The zero-order valence-corrected chi connectivity index (χ0v) is 16.0. The van der Waals surface area contributed by atoms with Gasteiger partial charge in [-0.1, -0.05) is 42.5 Å². The third-order valence-electron chi connectivity index (χ3n) is 5.17. The van der Waals surface area contributed by atoms with Gasteiger partial charge in [0, 0.05) is 13.2 Å². The van der Waals surface area contributed by atoms with Gasteiger partial charge < -0.3 is 10.1 Å². The summed E-state index contributed by atoms with van der Waals surface area (Å²) < 4.78 is 8.22. The van der Waals surface area contributed by atoms with E-state index in [9.17, 15) is 14.4 Å². The van der Waals surface area contributed by atoms with Gasteiger partial charge in [0.25, 0.3) is 0 Å². The maximum Gasteiger partial charge on any atom is 0.317 e. The largest absolute Gasteiger partial charge is 0.376 e. The monoisotopic (exact) mass is 393 g/mol. The van der Waals surface area contributed by atoms with E-state index in [1.807, 2.05) is 36.4 Å². The summed E-state index contributed by atoms with van der Waals surface area (Å²) in [5, 5.41) is 2.81. The number of carbonyl (C=O) groups is 1. The Morgan fingerprint density at radius 1 is 0.966 bits per heavy atom. The molecule has 4 rings (SSSR count). The second kappa shape index (κ2) is 8.45. The minimum atomic E-state index is -0.702. The van der Waals surface area contributed by atoms with Gasteiger partial charge in [0.1, 0.15) is 6.54 Å². The predicted molar refractivity (Wildman–Crippen MR) is 110 cm³/mol. The number of fused-ring (bicyclic) bond motifs is 1. The maximum absolute atomic E-state index is 12.8. The summed E-state index contributed by atoms with van der Waals surface area (Å²) in [5.41, 5.74) is 0.755. The molecule has 0 spiro atoms. The molecule has 0 bridgehead atoms. The molecule has 1 unspecified atom stereocenters. The maximum atomic E-state index is 12.8. The minimum absolute atomic E-state index is 0.0197. The molecule has 7 nitrogen and oxygen atoms in total. The Balaban J connectivity index is 1.65. The SMILES string of the molecule is O=C(Cn1c(=O)c(=O)n(Cc2ccccc2)c2ccccc21)NCC1CCCO1. The van der Waals surface area contributed by atoms with Crippen molar-refractivity contribution < 1.29 is 9.53 Å². The average Bonchev–Trinajstić information content (AvgIpc) is 3.27. The van der Waals surface area contributed by atoms with Crippen LogP contribution in [0, 0.1) is 0 Å². The third kappa shape index (κ3) is 4.14. The first-order chi connectivity index (χ1) is 14.1. The van der Waals surface area contributed by atoms with Crippen LogP contribution in [0.25, 0.3) is 11.0 Å². The Bertz CT molecular complexity index is 1130. The Labute approximate surface area is 167 Å². The van der Waals surface area contributed by atoms with E-state index in [0.29, 0.717) is 30.7 Å². The zero-order valence-electron chi connectivity index (χ0n) is 16.0. The van der Waals surface area contributed by atoms with Gasteiger partial charge in [0.15, 0.2) is 0 Å². The predicted octanol–water partition coefficient (Wildman–Crippen LogP) is 1.51. The van der Waals surface area contributed by atoms with Crippen LogP contribution in [-0.2, 0) is 22.6 Å². The van der Waals surface area contributed by atoms with Crippen LogP contribution in [0.5, 0.6) is 0 Å². The normalized spacial score (nSPS) is 16.2. The van der Waals surface area contributed by atoms with Crippen LogP contribution in [0.4, 0.5) is 0 Å². The first-order valence-corrected chi connectivity index (χ1v) is 9.78. The van der Waals surface area contributed by atoms with Gasteiger partial charge >= 0.3 is 11.1 Å². The molecule has 1 amide bonds. The summed E-state index contributed by atoms with van der Waals surface area (Å²) >= 11 is 0. The van der Waals surface area contributed by atoms with Crippen LogP contribution in [0.15, 0.2) is 64.2 Å².